The van der Waals surface area contributed by atoms with Gasteiger partial charge >= 0.3 is 0 Å². The van der Waals surface area contributed by atoms with E-state index in [4.69, 9.17) is 11.0 Å². The molecule has 2 N–H and O–H groups in total. The Balaban J connectivity index is 2.51. The average molecular weight is 210 g/mol. The fourth-order valence-corrected chi connectivity index (χ4v) is 1.40. The van der Waals surface area contributed by atoms with Crippen LogP contribution in [0.3, 0.4) is 0 Å². The monoisotopic (exact) mass is 210 g/mol. The Kier molecular flexibility index (Phi) is 2.52. The minimum Gasteiger partial charge on any atom is -0.383 e. The summed E-state index contributed by atoms with van der Waals surface area (Å²) in [7, 11) is 0. The van der Waals surface area contributed by atoms with Crippen molar-refractivity contribution in [2.24, 2.45) is 0 Å². The van der Waals surface area contributed by atoms with Gasteiger partial charge in [0.05, 0.1) is 5.56 Å². The number of hydrogen-bond acceptors (Lipinski definition) is 4. The normalized spacial score (nSPS) is 9.75. The molecular formula is C12H10N4. The van der Waals surface area contributed by atoms with Gasteiger partial charge in [-0.15, -0.1) is 0 Å². The fraction of sp³-hybridized carbons (Fsp3) is 0.0833. The number of aromatic nitrogens is 2. The second-order valence-corrected chi connectivity index (χ2v) is 3.50. The van der Waals surface area contributed by atoms with Gasteiger partial charge in [-0.1, -0.05) is 0 Å². The minimum atomic E-state index is 0.521. The van der Waals surface area contributed by atoms with Gasteiger partial charge in [0.15, 0.2) is 0 Å². The van der Waals surface area contributed by atoms with E-state index < -0.39 is 0 Å². The molecule has 2 rings (SSSR count). The number of anilines is 1. The first-order chi connectivity index (χ1) is 7.70. The van der Waals surface area contributed by atoms with E-state index in [1.54, 1.807) is 18.5 Å². The Morgan fingerprint density at radius 3 is 2.62 bits per heavy atom. The average Bonchev–Trinajstić information content (AvgIpc) is 2.33. The molecule has 0 aliphatic rings. The Morgan fingerprint density at radius 2 is 1.94 bits per heavy atom. The van der Waals surface area contributed by atoms with E-state index >= 15 is 0 Å². The highest BCUT2D eigenvalue weighted by Crippen LogP contribution is 2.21. The summed E-state index contributed by atoms with van der Waals surface area (Å²) in [5.74, 6) is 0.521. The molecule has 0 aliphatic heterocycles. The summed E-state index contributed by atoms with van der Waals surface area (Å²) in [5.41, 5.74) is 8.88. The van der Waals surface area contributed by atoms with Crippen molar-refractivity contribution in [3.63, 3.8) is 0 Å². The molecule has 0 aliphatic carbocycles. The zero-order chi connectivity index (χ0) is 11.5. The summed E-state index contributed by atoms with van der Waals surface area (Å²) in [6.07, 6.45) is 4.91. The Hall–Kier alpha value is -2.41. The highest BCUT2D eigenvalue weighted by atomic mass is 14.8. The highest BCUT2D eigenvalue weighted by molar-refractivity contribution is 5.65. The second-order valence-electron chi connectivity index (χ2n) is 3.50. The van der Waals surface area contributed by atoms with Crippen molar-refractivity contribution in [3.8, 4) is 17.2 Å². The molecule has 2 aromatic rings. The van der Waals surface area contributed by atoms with Crippen LogP contribution < -0.4 is 5.73 Å². The second kappa shape index (κ2) is 3.99. The first kappa shape index (κ1) is 10.1. The van der Waals surface area contributed by atoms with Crippen molar-refractivity contribution >= 4 is 5.82 Å². The van der Waals surface area contributed by atoms with Gasteiger partial charge in [0.2, 0.25) is 0 Å². The summed E-state index contributed by atoms with van der Waals surface area (Å²) >= 11 is 0. The van der Waals surface area contributed by atoms with E-state index in [0.717, 1.165) is 16.7 Å². The molecule has 0 atom stereocenters. The number of nitriles is 1. The smallest absolute Gasteiger partial charge is 0.126 e. The molecule has 0 amide bonds. The quantitative estimate of drug-likeness (QED) is 0.780. The molecule has 0 radical (unpaired) electrons. The van der Waals surface area contributed by atoms with E-state index in [1.165, 1.54) is 6.20 Å². The van der Waals surface area contributed by atoms with Gasteiger partial charge in [0.25, 0.3) is 0 Å². The van der Waals surface area contributed by atoms with E-state index in [-0.39, 0.29) is 0 Å². The third-order valence-corrected chi connectivity index (χ3v) is 2.32. The molecule has 2 aromatic heterocycles. The summed E-state index contributed by atoms with van der Waals surface area (Å²) in [4.78, 5) is 8.08. The Bertz CT molecular complexity index is 569. The zero-order valence-electron chi connectivity index (χ0n) is 8.81. The molecule has 16 heavy (non-hydrogen) atoms. The van der Waals surface area contributed by atoms with Crippen molar-refractivity contribution in [2.75, 3.05) is 5.73 Å². The van der Waals surface area contributed by atoms with Crippen LogP contribution in [0.2, 0.25) is 0 Å². The lowest BCUT2D eigenvalue weighted by molar-refractivity contribution is 1.26. The molecule has 2 heterocycles. The van der Waals surface area contributed by atoms with Crippen molar-refractivity contribution in [2.45, 2.75) is 6.92 Å². The number of nitrogens with zero attached hydrogens (tertiary/aromatic N) is 3. The molecule has 78 valence electrons. The van der Waals surface area contributed by atoms with E-state index in [1.807, 2.05) is 13.0 Å². The van der Waals surface area contributed by atoms with Gasteiger partial charge in [-0.2, -0.15) is 5.26 Å². The number of pyridine rings is 2. The largest absolute Gasteiger partial charge is 0.383 e. The van der Waals surface area contributed by atoms with E-state index in [2.05, 4.69) is 16.0 Å². The fourth-order valence-electron chi connectivity index (χ4n) is 1.40. The van der Waals surface area contributed by atoms with Crippen LogP contribution in [-0.2, 0) is 0 Å². The van der Waals surface area contributed by atoms with Gasteiger partial charge in [-0.25, -0.2) is 4.98 Å². The minimum absolute atomic E-state index is 0.521. The molecule has 0 aromatic carbocycles. The van der Waals surface area contributed by atoms with Gasteiger partial charge in [0.1, 0.15) is 11.9 Å². The maximum Gasteiger partial charge on any atom is 0.126 e. The molecule has 0 spiro atoms. The zero-order valence-corrected chi connectivity index (χ0v) is 8.81. The van der Waals surface area contributed by atoms with Crippen molar-refractivity contribution in [1.29, 1.82) is 5.26 Å². The van der Waals surface area contributed by atoms with Crippen molar-refractivity contribution in [3.05, 3.63) is 41.9 Å². The number of aryl methyl sites for hydroxylation is 1. The number of nitrogen functional groups attached to an aromatic ring is 1. The van der Waals surface area contributed by atoms with Crippen LogP contribution in [0.25, 0.3) is 11.1 Å². The van der Waals surface area contributed by atoms with Crippen molar-refractivity contribution in [1.82, 2.24) is 9.97 Å². The lowest BCUT2D eigenvalue weighted by atomic mass is 10.1. The SMILES string of the molecule is Cc1cc(-c2cncc(C#N)c2)cnc1N. The summed E-state index contributed by atoms with van der Waals surface area (Å²) in [6.45, 7) is 1.90. The van der Waals surface area contributed by atoms with Crippen LogP contribution in [0, 0.1) is 18.3 Å². The maximum absolute atomic E-state index is 8.78. The number of hydrogen-bond donors (Lipinski definition) is 1. The van der Waals surface area contributed by atoms with E-state index in [9.17, 15) is 0 Å². The highest BCUT2D eigenvalue weighted by Gasteiger charge is 2.02. The lowest BCUT2D eigenvalue weighted by Crippen LogP contribution is -1.94. The predicted molar refractivity (Wildman–Crippen MR) is 61.3 cm³/mol. The first-order valence-electron chi connectivity index (χ1n) is 4.78. The van der Waals surface area contributed by atoms with E-state index in [0.29, 0.717) is 11.4 Å². The van der Waals surface area contributed by atoms with Gasteiger partial charge in [-0.3, -0.25) is 4.98 Å². The molecule has 0 unspecified atom stereocenters. The molecule has 0 saturated heterocycles. The van der Waals surface area contributed by atoms with Crippen LogP contribution >= 0.6 is 0 Å². The Morgan fingerprint density at radius 1 is 1.19 bits per heavy atom. The van der Waals surface area contributed by atoms with Gasteiger partial charge in [-0.05, 0) is 24.6 Å². The number of rotatable bonds is 1. The number of nitrogens with two attached hydrogens (primary N) is 1. The summed E-state index contributed by atoms with van der Waals surface area (Å²) < 4.78 is 0. The Labute approximate surface area is 93.4 Å². The van der Waals surface area contributed by atoms with Gasteiger partial charge < -0.3 is 5.73 Å². The van der Waals surface area contributed by atoms with Crippen LogP contribution in [0.15, 0.2) is 30.7 Å². The van der Waals surface area contributed by atoms with Crippen LogP contribution in [0.1, 0.15) is 11.1 Å². The molecule has 4 heteroatoms. The predicted octanol–water partition coefficient (Wildman–Crippen LogP) is 1.91. The topological polar surface area (TPSA) is 75.6 Å². The standard InChI is InChI=1S/C12H10N4/c1-8-2-10(7-16-12(8)14)11-3-9(4-13)5-15-6-11/h2-3,5-7H,1H3,(H2,14,16). The molecule has 4 nitrogen and oxygen atoms in total. The third-order valence-electron chi connectivity index (χ3n) is 2.32. The molecular weight excluding hydrogens is 200 g/mol. The molecule has 0 saturated carbocycles. The molecule has 0 bridgehead atoms. The van der Waals surface area contributed by atoms with Crippen LogP contribution in [0.5, 0.6) is 0 Å². The third kappa shape index (κ3) is 1.84. The van der Waals surface area contributed by atoms with Crippen LogP contribution in [0.4, 0.5) is 5.82 Å². The maximum atomic E-state index is 8.78. The van der Waals surface area contributed by atoms with Gasteiger partial charge in [0, 0.05) is 29.7 Å². The van der Waals surface area contributed by atoms with Crippen LogP contribution in [-0.4, -0.2) is 9.97 Å². The summed E-state index contributed by atoms with van der Waals surface area (Å²) in [5, 5.41) is 8.78. The molecule has 0 fully saturated rings. The summed E-state index contributed by atoms with van der Waals surface area (Å²) in [6, 6.07) is 5.76. The van der Waals surface area contributed by atoms with Crippen molar-refractivity contribution < 1.29 is 0 Å². The first-order valence-corrected chi connectivity index (χ1v) is 4.78. The lowest BCUT2D eigenvalue weighted by Gasteiger charge is -2.04.